The van der Waals surface area contributed by atoms with Crippen LogP contribution in [-0.2, 0) is 13.1 Å². The third-order valence-corrected chi connectivity index (χ3v) is 8.20. The van der Waals surface area contributed by atoms with Crippen LogP contribution in [0.25, 0.3) is 0 Å². The summed E-state index contributed by atoms with van der Waals surface area (Å²) >= 11 is 0. The van der Waals surface area contributed by atoms with Crippen molar-refractivity contribution in [2.75, 3.05) is 0 Å². The number of aromatic nitrogens is 1. The van der Waals surface area contributed by atoms with Crippen LogP contribution in [0.5, 0.6) is 5.75 Å². The maximum atomic E-state index is 13.9. The summed E-state index contributed by atoms with van der Waals surface area (Å²) in [6.07, 6.45) is 2.23. The number of benzene rings is 1. The average Bonchev–Trinajstić information content (AvgIpc) is 3.26. The molecule has 7 rings (SSSR count). The van der Waals surface area contributed by atoms with Gasteiger partial charge in [-0.2, -0.15) is 0 Å². The van der Waals surface area contributed by atoms with E-state index in [0.29, 0.717) is 30.5 Å². The normalized spacial score (nSPS) is 33.8. The lowest BCUT2D eigenvalue weighted by Gasteiger charge is -2.45. The molecule has 170 valence electrons. The van der Waals surface area contributed by atoms with Crippen LogP contribution in [0.3, 0.4) is 0 Å². The average molecular weight is 458 g/mol. The van der Waals surface area contributed by atoms with Gasteiger partial charge in [0.15, 0.2) is 11.4 Å². The number of hydrogen-bond acceptors (Lipinski definition) is 5. The molecule has 3 N–H and O–H groups in total. The van der Waals surface area contributed by atoms with Crippen LogP contribution in [0, 0.1) is 29.3 Å². The molecule has 2 amide bonds. The summed E-state index contributed by atoms with van der Waals surface area (Å²) in [6, 6.07) is 1.18. The molecular formula is C22H17F3N4O4. The molecule has 1 aromatic carbocycles. The maximum absolute atomic E-state index is 13.9. The lowest BCUT2D eigenvalue weighted by Crippen LogP contribution is -2.63. The highest BCUT2D eigenvalue weighted by Gasteiger charge is 2.86. The number of piperidine rings is 2. The van der Waals surface area contributed by atoms with Gasteiger partial charge in [-0.05, 0) is 6.42 Å². The first-order valence-corrected chi connectivity index (χ1v) is 10.7. The number of fused-ring (bicyclic) bond motifs is 4. The Morgan fingerprint density at radius 2 is 1.97 bits per heavy atom. The summed E-state index contributed by atoms with van der Waals surface area (Å²) < 4.78 is 42.2. The zero-order valence-corrected chi connectivity index (χ0v) is 16.9. The van der Waals surface area contributed by atoms with E-state index >= 15 is 0 Å². The van der Waals surface area contributed by atoms with E-state index in [1.165, 1.54) is 10.8 Å². The SMILES string of the molecule is O=C(NCc1c(F)cc(F)cc1F)c1cn2c(c(O)c1=O)C(=O)N1[C@H](C2)[C@@H]2C3N[C@]24C[C@@H]4[C@H]31. The van der Waals surface area contributed by atoms with Crippen LogP contribution >= 0.6 is 0 Å². The first-order valence-electron chi connectivity index (χ1n) is 10.7. The molecule has 33 heavy (non-hydrogen) atoms. The van der Waals surface area contributed by atoms with Crippen LogP contribution in [0.4, 0.5) is 13.2 Å². The van der Waals surface area contributed by atoms with Crippen LogP contribution < -0.4 is 16.1 Å². The highest BCUT2D eigenvalue weighted by molar-refractivity contribution is 6.00. The summed E-state index contributed by atoms with van der Waals surface area (Å²) in [5.41, 5.74) is -2.10. The van der Waals surface area contributed by atoms with Crippen molar-refractivity contribution in [2.24, 2.45) is 11.8 Å². The highest BCUT2D eigenvalue weighted by atomic mass is 19.1. The fourth-order valence-electron chi connectivity index (χ4n) is 6.89. The van der Waals surface area contributed by atoms with Crippen molar-refractivity contribution >= 4 is 11.8 Å². The van der Waals surface area contributed by atoms with E-state index in [4.69, 9.17) is 0 Å². The summed E-state index contributed by atoms with van der Waals surface area (Å²) in [5.74, 6) is -4.93. The molecule has 6 atom stereocenters. The Bertz CT molecular complexity index is 1350. The number of aromatic hydroxyl groups is 1. The van der Waals surface area contributed by atoms with E-state index < -0.39 is 58.1 Å². The first kappa shape index (κ1) is 19.2. The molecule has 8 nitrogen and oxygen atoms in total. The van der Waals surface area contributed by atoms with E-state index in [0.717, 1.165) is 6.42 Å². The van der Waals surface area contributed by atoms with Gasteiger partial charge in [0.2, 0.25) is 5.43 Å². The van der Waals surface area contributed by atoms with Crippen molar-refractivity contribution in [3.63, 3.8) is 0 Å². The number of amides is 2. The molecule has 2 saturated heterocycles. The van der Waals surface area contributed by atoms with E-state index in [1.54, 1.807) is 4.90 Å². The monoisotopic (exact) mass is 458 g/mol. The molecule has 5 aliphatic rings. The summed E-state index contributed by atoms with van der Waals surface area (Å²) in [4.78, 5) is 40.4. The molecule has 2 aromatic rings. The fourth-order valence-corrected chi connectivity index (χ4v) is 6.89. The van der Waals surface area contributed by atoms with Crippen LogP contribution in [-0.4, -0.2) is 50.1 Å². The molecule has 0 radical (unpaired) electrons. The quantitative estimate of drug-likeness (QED) is 0.621. The van der Waals surface area contributed by atoms with E-state index in [9.17, 15) is 32.7 Å². The van der Waals surface area contributed by atoms with E-state index in [1.807, 2.05) is 0 Å². The van der Waals surface area contributed by atoms with Crippen LogP contribution in [0.2, 0.25) is 0 Å². The van der Waals surface area contributed by atoms with Gasteiger partial charge in [-0.3, -0.25) is 14.4 Å². The minimum atomic E-state index is -1.18. The molecule has 11 heteroatoms. The van der Waals surface area contributed by atoms with Gasteiger partial charge in [0.1, 0.15) is 23.0 Å². The van der Waals surface area contributed by atoms with Gasteiger partial charge < -0.3 is 25.2 Å². The van der Waals surface area contributed by atoms with Crippen LogP contribution in [0.1, 0.15) is 32.8 Å². The molecule has 1 aromatic heterocycles. The van der Waals surface area contributed by atoms with Gasteiger partial charge in [-0.25, -0.2) is 13.2 Å². The molecule has 3 aliphatic heterocycles. The second kappa shape index (κ2) is 5.77. The van der Waals surface area contributed by atoms with Crippen molar-refractivity contribution in [1.29, 1.82) is 0 Å². The molecular weight excluding hydrogens is 441 g/mol. The smallest absolute Gasteiger partial charge is 0.275 e. The minimum Gasteiger partial charge on any atom is -0.503 e. The predicted octanol–water partition coefficient (Wildman–Crippen LogP) is 0.468. The number of nitrogens with one attached hydrogen (secondary N) is 2. The Hall–Kier alpha value is -3.34. The summed E-state index contributed by atoms with van der Waals surface area (Å²) in [6.45, 7) is -0.292. The molecule has 4 fully saturated rings. The molecule has 4 bridgehead atoms. The Balaban J connectivity index is 1.20. The van der Waals surface area contributed by atoms with Gasteiger partial charge in [-0.1, -0.05) is 0 Å². The zero-order valence-electron chi connectivity index (χ0n) is 16.9. The van der Waals surface area contributed by atoms with Gasteiger partial charge in [-0.15, -0.1) is 0 Å². The van der Waals surface area contributed by atoms with E-state index in [-0.39, 0.29) is 29.4 Å². The lowest BCUT2D eigenvalue weighted by molar-refractivity contribution is 0.0428. The topological polar surface area (TPSA) is 104 Å². The Kier molecular flexibility index (Phi) is 3.35. The second-order valence-corrected chi connectivity index (χ2v) is 9.57. The number of nitrogens with zero attached hydrogens (tertiary/aromatic N) is 2. The standard InChI is InChI=1S/C22H17F3N4O4/c23-7-1-11(24)8(12(25)2-7)4-26-20(32)9-5-28-6-13-14-15-16(10-3-22(10,14)27-15)29(13)21(33)17(28)19(31)18(9)30/h1-2,5,10,13-16,27,31H,3-4,6H2,(H,26,32)/t10-,13-,14-,15?,16-,22+/m1/s1. The first-order chi connectivity index (χ1) is 15.7. The number of hydrogen-bond donors (Lipinski definition) is 3. The third-order valence-electron chi connectivity index (χ3n) is 8.20. The molecule has 2 aliphatic carbocycles. The van der Waals surface area contributed by atoms with Gasteiger partial charge >= 0.3 is 0 Å². The number of rotatable bonds is 3. The van der Waals surface area contributed by atoms with Gasteiger partial charge in [0.25, 0.3) is 11.8 Å². The third kappa shape index (κ3) is 2.14. The van der Waals surface area contributed by atoms with Crippen molar-refractivity contribution in [3.05, 3.63) is 62.8 Å². The number of pyridine rings is 1. The molecule has 4 heterocycles. The Morgan fingerprint density at radius 3 is 2.67 bits per heavy atom. The fraction of sp³-hybridized carbons (Fsp3) is 0.409. The second-order valence-electron chi connectivity index (χ2n) is 9.57. The van der Waals surface area contributed by atoms with Gasteiger partial charge in [0, 0.05) is 60.4 Å². The Labute approximate surface area is 184 Å². The van der Waals surface area contributed by atoms with Crippen molar-refractivity contribution in [3.8, 4) is 5.75 Å². The van der Waals surface area contributed by atoms with Gasteiger partial charge in [0.05, 0.1) is 12.1 Å². The summed E-state index contributed by atoms with van der Waals surface area (Å²) in [5, 5.41) is 16.3. The zero-order chi connectivity index (χ0) is 23.0. The summed E-state index contributed by atoms with van der Waals surface area (Å²) in [7, 11) is 0. The van der Waals surface area contributed by atoms with Crippen molar-refractivity contribution < 1.29 is 27.9 Å². The van der Waals surface area contributed by atoms with Crippen LogP contribution in [0.15, 0.2) is 23.1 Å². The van der Waals surface area contributed by atoms with Crippen molar-refractivity contribution in [2.45, 2.75) is 43.2 Å². The lowest BCUT2D eigenvalue weighted by atomic mass is 9.80. The number of halogens is 3. The van der Waals surface area contributed by atoms with Crippen molar-refractivity contribution in [1.82, 2.24) is 20.1 Å². The number of carbonyl (C=O) groups excluding carboxylic acids is 2. The molecule has 2 saturated carbocycles. The predicted molar refractivity (Wildman–Crippen MR) is 105 cm³/mol. The number of carbonyl (C=O) groups is 2. The molecule has 1 unspecified atom stereocenters. The minimum absolute atomic E-state index is 0.0687. The largest absolute Gasteiger partial charge is 0.503 e. The molecule has 1 spiro atoms. The highest BCUT2D eigenvalue weighted by Crippen LogP contribution is 2.73. The van der Waals surface area contributed by atoms with E-state index in [2.05, 4.69) is 10.6 Å². The Morgan fingerprint density at radius 1 is 1.24 bits per heavy atom. The maximum Gasteiger partial charge on any atom is 0.275 e.